The minimum absolute atomic E-state index is 0.0436. The van der Waals surface area contributed by atoms with Crippen molar-refractivity contribution in [1.29, 1.82) is 10.5 Å². The number of nitrogens with zero attached hydrogens (tertiary/aromatic N) is 3. The molecule has 1 aromatic carbocycles. The number of hydrogen-bond donors (Lipinski definition) is 0. The highest BCUT2D eigenvalue weighted by Gasteiger charge is 2.27. The van der Waals surface area contributed by atoms with Crippen molar-refractivity contribution in [1.82, 2.24) is 4.90 Å². The van der Waals surface area contributed by atoms with Gasteiger partial charge in [-0.15, -0.1) is 0 Å². The number of likely N-dealkylation sites (tertiary alicyclic amines) is 1. The van der Waals surface area contributed by atoms with Crippen molar-refractivity contribution in [3.63, 3.8) is 0 Å². The summed E-state index contributed by atoms with van der Waals surface area (Å²) in [5, 5.41) is 18.0. The standard InChI is InChI=1S/C18H23N3O/c1-22-18-9-3-2-7-16(18)12-17-8-5-11-21(17)14-15(13-20)6-4-10-19/h2-3,7,9,15,17H,4-6,8,11-12,14H2,1H3/t15-,17+/m1/s1. The molecule has 4 heteroatoms. The van der Waals surface area contributed by atoms with Gasteiger partial charge in [0.1, 0.15) is 5.75 Å². The lowest BCUT2D eigenvalue weighted by Gasteiger charge is -2.26. The first-order valence-corrected chi connectivity index (χ1v) is 7.91. The third-order valence-electron chi connectivity index (χ3n) is 4.39. The Kier molecular flexibility index (Phi) is 6.25. The predicted octanol–water partition coefficient (Wildman–Crippen LogP) is 3.15. The summed E-state index contributed by atoms with van der Waals surface area (Å²) in [6.07, 6.45) is 4.43. The van der Waals surface area contributed by atoms with E-state index in [0.29, 0.717) is 18.9 Å². The Labute approximate surface area is 132 Å². The first-order chi connectivity index (χ1) is 10.8. The van der Waals surface area contributed by atoms with Crippen molar-refractivity contribution in [3.8, 4) is 17.9 Å². The smallest absolute Gasteiger partial charge is 0.122 e. The Morgan fingerprint density at radius 3 is 2.91 bits per heavy atom. The molecular formula is C18H23N3O. The van der Waals surface area contributed by atoms with Crippen LogP contribution >= 0.6 is 0 Å². The molecule has 0 N–H and O–H groups in total. The van der Waals surface area contributed by atoms with Gasteiger partial charge in [-0.05, 0) is 43.9 Å². The SMILES string of the molecule is COc1ccccc1C[C@@H]1CCCN1C[C@@H](C#N)CCC#N. The van der Waals surface area contributed by atoms with Gasteiger partial charge in [0.15, 0.2) is 0 Å². The van der Waals surface area contributed by atoms with Crippen LogP contribution in [-0.2, 0) is 6.42 Å². The molecule has 0 bridgehead atoms. The molecular weight excluding hydrogens is 274 g/mol. The number of nitriles is 2. The topological polar surface area (TPSA) is 60.0 Å². The average Bonchev–Trinajstić information content (AvgIpc) is 2.98. The van der Waals surface area contributed by atoms with Crippen LogP contribution in [0.1, 0.15) is 31.2 Å². The molecule has 2 atom stereocenters. The zero-order chi connectivity index (χ0) is 15.8. The highest BCUT2D eigenvalue weighted by molar-refractivity contribution is 5.34. The molecule has 0 radical (unpaired) electrons. The second-order valence-corrected chi connectivity index (χ2v) is 5.83. The molecule has 0 amide bonds. The van der Waals surface area contributed by atoms with Crippen LogP contribution in [0, 0.1) is 28.6 Å². The van der Waals surface area contributed by atoms with Crippen molar-refractivity contribution in [3.05, 3.63) is 29.8 Å². The first-order valence-electron chi connectivity index (χ1n) is 7.91. The fraction of sp³-hybridized carbons (Fsp3) is 0.556. The third kappa shape index (κ3) is 4.23. The largest absolute Gasteiger partial charge is 0.496 e. The van der Waals surface area contributed by atoms with Gasteiger partial charge in [0, 0.05) is 19.0 Å². The number of methoxy groups -OCH3 is 1. The van der Waals surface area contributed by atoms with Crippen molar-refractivity contribution >= 4 is 0 Å². The van der Waals surface area contributed by atoms with Crippen LogP contribution in [0.5, 0.6) is 5.75 Å². The van der Waals surface area contributed by atoms with Crippen LogP contribution in [0.15, 0.2) is 24.3 Å². The van der Waals surface area contributed by atoms with Gasteiger partial charge in [-0.3, -0.25) is 4.90 Å². The molecule has 116 valence electrons. The molecule has 4 nitrogen and oxygen atoms in total. The van der Waals surface area contributed by atoms with Gasteiger partial charge in [0.05, 0.1) is 25.2 Å². The number of hydrogen-bond acceptors (Lipinski definition) is 4. The summed E-state index contributed by atoms with van der Waals surface area (Å²) in [5.74, 6) is 0.897. The summed E-state index contributed by atoms with van der Waals surface area (Å²) in [6, 6.07) is 13.1. The molecule has 1 fully saturated rings. The Morgan fingerprint density at radius 1 is 1.36 bits per heavy atom. The van der Waals surface area contributed by atoms with Crippen LogP contribution < -0.4 is 4.74 Å². The Morgan fingerprint density at radius 2 is 2.18 bits per heavy atom. The number of rotatable bonds is 7. The van der Waals surface area contributed by atoms with Crippen LogP contribution in [0.2, 0.25) is 0 Å². The molecule has 0 aromatic heterocycles. The zero-order valence-corrected chi connectivity index (χ0v) is 13.2. The summed E-state index contributed by atoms with van der Waals surface area (Å²) in [4.78, 5) is 2.41. The Balaban J connectivity index is 1.98. The van der Waals surface area contributed by atoms with E-state index in [0.717, 1.165) is 31.7 Å². The van der Waals surface area contributed by atoms with Crippen molar-refractivity contribution in [2.45, 2.75) is 38.1 Å². The van der Waals surface area contributed by atoms with Crippen LogP contribution in [0.3, 0.4) is 0 Å². The maximum Gasteiger partial charge on any atom is 0.122 e. The lowest BCUT2D eigenvalue weighted by Crippen LogP contribution is -2.35. The van der Waals surface area contributed by atoms with Gasteiger partial charge in [-0.1, -0.05) is 18.2 Å². The molecule has 0 saturated carbocycles. The molecule has 1 aliphatic rings. The molecule has 0 aliphatic carbocycles. The van der Waals surface area contributed by atoms with Crippen molar-refractivity contribution in [2.75, 3.05) is 20.2 Å². The van der Waals surface area contributed by atoms with E-state index in [1.165, 1.54) is 12.0 Å². The molecule has 22 heavy (non-hydrogen) atoms. The Hall–Kier alpha value is -2.04. The van der Waals surface area contributed by atoms with E-state index in [-0.39, 0.29) is 5.92 Å². The van der Waals surface area contributed by atoms with E-state index in [4.69, 9.17) is 10.00 Å². The Bertz CT molecular complexity index is 558. The number of benzene rings is 1. The average molecular weight is 297 g/mol. The minimum Gasteiger partial charge on any atom is -0.496 e. The lowest BCUT2D eigenvalue weighted by atomic mass is 10.0. The predicted molar refractivity (Wildman–Crippen MR) is 85.2 cm³/mol. The third-order valence-corrected chi connectivity index (χ3v) is 4.39. The first kappa shape index (κ1) is 16.3. The van der Waals surface area contributed by atoms with Crippen LogP contribution in [0.4, 0.5) is 0 Å². The number of para-hydroxylation sites is 1. The van der Waals surface area contributed by atoms with E-state index in [2.05, 4.69) is 23.1 Å². The lowest BCUT2D eigenvalue weighted by molar-refractivity contribution is 0.226. The maximum absolute atomic E-state index is 9.27. The van der Waals surface area contributed by atoms with E-state index in [1.807, 2.05) is 18.2 Å². The molecule has 0 spiro atoms. The van der Waals surface area contributed by atoms with Crippen molar-refractivity contribution < 1.29 is 4.74 Å². The zero-order valence-electron chi connectivity index (χ0n) is 13.2. The van der Waals surface area contributed by atoms with Gasteiger partial charge < -0.3 is 4.74 Å². The minimum atomic E-state index is -0.0436. The second kappa shape index (κ2) is 8.41. The highest BCUT2D eigenvalue weighted by Crippen LogP contribution is 2.27. The molecule has 1 saturated heterocycles. The van der Waals surface area contributed by atoms with E-state index in [9.17, 15) is 5.26 Å². The molecule has 1 aromatic rings. The fourth-order valence-electron chi connectivity index (χ4n) is 3.21. The molecule has 0 unspecified atom stereocenters. The van der Waals surface area contributed by atoms with Crippen LogP contribution in [-0.4, -0.2) is 31.1 Å². The maximum atomic E-state index is 9.27. The summed E-state index contributed by atoms with van der Waals surface area (Å²) in [6.45, 7) is 1.82. The highest BCUT2D eigenvalue weighted by atomic mass is 16.5. The fourth-order valence-corrected chi connectivity index (χ4v) is 3.21. The quantitative estimate of drug-likeness (QED) is 0.775. The summed E-state index contributed by atoms with van der Waals surface area (Å²) >= 11 is 0. The molecule has 1 heterocycles. The van der Waals surface area contributed by atoms with Crippen LogP contribution in [0.25, 0.3) is 0 Å². The van der Waals surface area contributed by atoms with E-state index >= 15 is 0 Å². The van der Waals surface area contributed by atoms with E-state index in [1.54, 1.807) is 7.11 Å². The number of ether oxygens (including phenoxy) is 1. The monoisotopic (exact) mass is 297 g/mol. The normalized spacial score (nSPS) is 19.3. The van der Waals surface area contributed by atoms with Gasteiger partial charge in [-0.2, -0.15) is 10.5 Å². The summed E-state index contributed by atoms with van der Waals surface area (Å²) in [7, 11) is 1.71. The summed E-state index contributed by atoms with van der Waals surface area (Å²) in [5.41, 5.74) is 1.23. The van der Waals surface area contributed by atoms with Crippen molar-refractivity contribution in [2.24, 2.45) is 5.92 Å². The van der Waals surface area contributed by atoms with Gasteiger partial charge in [0.25, 0.3) is 0 Å². The van der Waals surface area contributed by atoms with Gasteiger partial charge in [-0.25, -0.2) is 0 Å². The second-order valence-electron chi connectivity index (χ2n) is 5.83. The van der Waals surface area contributed by atoms with Gasteiger partial charge in [0.2, 0.25) is 0 Å². The summed E-state index contributed by atoms with van der Waals surface area (Å²) < 4.78 is 5.44. The molecule has 2 rings (SSSR count). The van der Waals surface area contributed by atoms with Gasteiger partial charge >= 0.3 is 0 Å². The molecule has 1 aliphatic heterocycles. The van der Waals surface area contributed by atoms with E-state index < -0.39 is 0 Å².